The van der Waals surface area contributed by atoms with Crippen molar-refractivity contribution in [1.82, 2.24) is 14.8 Å². The highest BCUT2D eigenvalue weighted by Gasteiger charge is 2.20. The Morgan fingerprint density at radius 1 is 1.25 bits per heavy atom. The number of hydrogen-bond acceptors (Lipinski definition) is 3. The summed E-state index contributed by atoms with van der Waals surface area (Å²) in [5, 5.41) is 8.51. The molecule has 0 unspecified atom stereocenters. The number of rotatable bonds is 3. The SMILES string of the molecule is CC1CCC(Nc2cccc(Cl)c2-n2cncn2)CC1. The Hall–Kier alpha value is -1.55. The first kappa shape index (κ1) is 13.4. The summed E-state index contributed by atoms with van der Waals surface area (Å²) in [6.45, 7) is 2.33. The first-order valence-corrected chi connectivity index (χ1v) is 7.52. The molecule has 1 aromatic carbocycles. The molecule has 3 rings (SSSR count). The summed E-state index contributed by atoms with van der Waals surface area (Å²) in [7, 11) is 0. The second-order valence-corrected chi connectivity index (χ2v) is 5.98. The minimum atomic E-state index is 0.520. The van der Waals surface area contributed by atoms with Gasteiger partial charge >= 0.3 is 0 Å². The summed E-state index contributed by atoms with van der Waals surface area (Å²) in [6.07, 6.45) is 8.20. The zero-order chi connectivity index (χ0) is 13.9. The van der Waals surface area contributed by atoms with E-state index in [0.29, 0.717) is 11.1 Å². The van der Waals surface area contributed by atoms with Crippen LogP contribution < -0.4 is 5.32 Å². The zero-order valence-electron chi connectivity index (χ0n) is 11.6. The van der Waals surface area contributed by atoms with Crippen LogP contribution in [0.25, 0.3) is 5.69 Å². The fourth-order valence-electron chi connectivity index (χ4n) is 2.81. The number of benzene rings is 1. The van der Waals surface area contributed by atoms with E-state index in [4.69, 9.17) is 11.6 Å². The summed E-state index contributed by atoms with van der Waals surface area (Å²) < 4.78 is 1.72. The van der Waals surface area contributed by atoms with Gasteiger partial charge in [-0.15, -0.1) is 0 Å². The van der Waals surface area contributed by atoms with Crippen molar-refractivity contribution in [3.05, 3.63) is 35.9 Å². The molecule has 0 radical (unpaired) electrons. The Labute approximate surface area is 124 Å². The zero-order valence-corrected chi connectivity index (χ0v) is 12.3. The van der Waals surface area contributed by atoms with E-state index < -0.39 is 0 Å². The Morgan fingerprint density at radius 2 is 2.05 bits per heavy atom. The molecule has 0 atom stereocenters. The Kier molecular flexibility index (Phi) is 3.92. The van der Waals surface area contributed by atoms with Crippen molar-refractivity contribution in [2.75, 3.05) is 5.32 Å². The van der Waals surface area contributed by atoms with Crippen LogP contribution in [0.3, 0.4) is 0 Å². The summed E-state index contributed by atoms with van der Waals surface area (Å²) in [5.74, 6) is 0.849. The molecule has 0 aliphatic heterocycles. The molecule has 0 saturated heterocycles. The van der Waals surface area contributed by atoms with Gasteiger partial charge in [0.2, 0.25) is 0 Å². The van der Waals surface area contributed by atoms with Crippen LogP contribution in [-0.4, -0.2) is 20.8 Å². The lowest BCUT2D eigenvalue weighted by Crippen LogP contribution is -2.25. The van der Waals surface area contributed by atoms with Crippen LogP contribution in [0.4, 0.5) is 5.69 Å². The van der Waals surface area contributed by atoms with Crippen LogP contribution in [0.5, 0.6) is 0 Å². The molecule has 1 heterocycles. The van der Waals surface area contributed by atoms with Gasteiger partial charge in [0, 0.05) is 6.04 Å². The lowest BCUT2D eigenvalue weighted by Gasteiger charge is -2.28. The molecule has 1 saturated carbocycles. The van der Waals surface area contributed by atoms with Gasteiger partial charge in [-0.2, -0.15) is 5.10 Å². The summed E-state index contributed by atoms with van der Waals surface area (Å²) in [6, 6.07) is 6.43. The van der Waals surface area contributed by atoms with Crippen molar-refractivity contribution >= 4 is 17.3 Å². The van der Waals surface area contributed by atoms with Crippen molar-refractivity contribution < 1.29 is 0 Å². The van der Waals surface area contributed by atoms with Crippen molar-refractivity contribution in [1.29, 1.82) is 0 Å². The average molecular weight is 291 g/mol. The molecular weight excluding hydrogens is 272 g/mol. The highest BCUT2D eigenvalue weighted by Crippen LogP contribution is 2.31. The van der Waals surface area contributed by atoms with Gasteiger partial charge in [-0.25, -0.2) is 9.67 Å². The Balaban J connectivity index is 1.85. The summed E-state index contributed by atoms with van der Waals surface area (Å²) in [4.78, 5) is 4.00. The first-order valence-electron chi connectivity index (χ1n) is 7.14. The molecule has 5 heteroatoms. The number of hydrogen-bond donors (Lipinski definition) is 1. The topological polar surface area (TPSA) is 42.7 Å². The van der Waals surface area contributed by atoms with Crippen LogP contribution in [0, 0.1) is 5.92 Å². The maximum Gasteiger partial charge on any atom is 0.138 e. The molecule has 1 aliphatic rings. The number of nitrogens with zero attached hydrogens (tertiary/aromatic N) is 3. The molecule has 1 fully saturated rings. The lowest BCUT2D eigenvalue weighted by molar-refractivity contribution is 0.361. The molecule has 1 N–H and O–H groups in total. The maximum atomic E-state index is 6.33. The average Bonchev–Trinajstić information content (AvgIpc) is 2.95. The standard InChI is InChI=1S/C15H19ClN4/c1-11-5-7-12(8-6-11)19-14-4-2-3-13(16)15(14)20-10-17-9-18-20/h2-4,9-12,19H,5-8H2,1H3. The van der Waals surface area contributed by atoms with E-state index in [-0.39, 0.29) is 0 Å². The molecule has 0 spiro atoms. The van der Waals surface area contributed by atoms with Crippen LogP contribution >= 0.6 is 11.6 Å². The number of para-hydroxylation sites is 1. The fraction of sp³-hybridized carbons (Fsp3) is 0.467. The van der Waals surface area contributed by atoms with E-state index in [9.17, 15) is 0 Å². The minimum Gasteiger partial charge on any atom is -0.381 e. The summed E-state index contributed by atoms with van der Waals surface area (Å²) >= 11 is 6.33. The van der Waals surface area contributed by atoms with Crippen LogP contribution in [0.2, 0.25) is 5.02 Å². The van der Waals surface area contributed by atoms with Gasteiger partial charge in [-0.05, 0) is 43.7 Å². The highest BCUT2D eigenvalue weighted by molar-refractivity contribution is 6.33. The molecule has 0 bridgehead atoms. The van der Waals surface area contributed by atoms with Gasteiger partial charge in [-0.1, -0.05) is 24.6 Å². The van der Waals surface area contributed by atoms with Gasteiger partial charge in [0.15, 0.2) is 0 Å². The van der Waals surface area contributed by atoms with Gasteiger partial charge < -0.3 is 5.32 Å². The predicted octanol–water partition coefficient (Wildman–Crippen LogP) is 3.91. The van der Waals surface area contributed by atoms with E-state index in [1.807, 2.05) is 12.1 Å². The highest BCUT2D eigenvalue weighted by atomic mass is 35.5. The fourth-order valence-corrected chi connectivity index (χ4v) is 3.07. The third-order valence-electron chi connectivity index (χ3n) is 4.01. The van der Waals surface area contributed by atoms with Crippen LogP contribution in [0.1, 0.15) is 32.6 Å². The normalized spacial score (nSPS) is 22.7. The quantitative estimate of drug-likeness (QED) is 0.932. The number of aromatic nitrogens is 3. The Morgan fingerprint density at radius 3 is 2.75 bits per heavy atom. The molecule has 1 aromatic heterocycles. The molecule has 0 amide bonds. The van der Waals surface area contributed by atoms with Crippen molar-refractivity contribution in [3.63, 3.8) is 0 Å². The smallest absolute Gasteiger partial charge is 0.138 e. The molecule has 106 valence electrons. The van der Waals surface area contributed by atoms with E-state index >= 15 is 0 Å². The molecule has 4 nitrogen and oxygen atoms in total. The second kappa shape index (κ2) is 5.83. The van der Waals surface area contributed by atoms with Gasteiger partial charge in [0.25, 0.3) is 0 Å². The largest absolute Gasteiger partial charge is 0.381 e. The van der Waals surface area contributed by atoms with E-state index in [1.54, 1.807) is 11.0 Å². The van der Waals surface area contributed by atoms with Crippen molar-refractivity contribution in [2.45, 2.75) is 38.6 Å². The van der Waals surface area contributed by atoms with Gasteiger partial charge in [0.05, 0.1) is 10.7 Å². The second-order valence-electron chi connectivity index (χ2n) is 5.58. The van der Waals surface area contributed by atoms with E-state index in [2.05, 4.69) is 28.4 Å². The van der Waals surface area contributed by atoms with Gasteiger partial charge in [-0.3, -0.25) is 0 Å². The predicted molar refractivity (Wildman–Crippen MR) is 81.4 cm³/mol. The minimum absolute atomic E-state index is 0.520. The number of anilines is 1. The van der Waals surface area contributed by atoms with Crippen molar-refractivity contribution in [3.8, 4) is 5.69 Å². The lowest BCUT2D eigenvalue weighted by atomic mass is 9.87. The van der Waals surface area contributed by atoms with Crippen LogP contribution in [-0.2, 0) is 0 Å². The van der Waals surface area contributed by atoms with Crippen LogP contribution in [0.15, 0.2) is 30.9 Å². The number of nitrogens with one attached hydrogen (secondary N) is 1. The van der Waals surface area contributed by atoms with Crippen molar-refractivity contribution in [2.24, 2.45) is 5.92 Å². The molecule has 2 aromatic rings. The third kappa shape index (κ3) is 2.80. The van der Waals surface area contributed by atoms with E-state index in [1.165, 1.54) is 32.0 Å². The van der Waals surface area contributed by atoms with Gasteiger partial charge in [0.1, 0.15) is 18.3 Å². The maximum absolute atomic E-state index is 6.33. The first-order chi connectivity index (χ1) is 9.74. The molecular formula is C15H19ClN4. The Bertz CT molecular complexity index is 559. The monoisotopic (exact) mass is 290 g/mol. The van der Waals surface area contributed by atoms with E-state index in [0.717, 1.165) is 17.3 Å². The molecule has 20 heavy (non-hydrogen) atoms. The third-order valence-corrected chi connectivity index (χ3v) is 4.32. The summed E-state index contributed by atoms with van der Waals surface area (Å²) in [5.41, 5.74) is 1.91. The molecule has 1 aliphatic carbocycles. The number of halogens is 1.